The van der Waals surface area contributed by atoms with Gasteiger partial charge in [0.2, 0.25) is 0 Å². The third kappa shape index (κ3) is 5.97. The molecule has 1 amide bonds. The van der Waals surface area contributed by atoms with E-state index in [0.29, 0.717) is 36.0 Å². The van der Waals surface area contributed by atoms with Gasteiger partial charge in [0.05, 0.1) is 13.2 Å². The summed E-state index contributed by atoms with van der Waals surface area (Å²) in [6.45, 7) is 4.91. The fraction of sp³-hybridized carbons (Fsp3) is 0.179. The molecule has 1 saturated heterocycles. The fourth-order valence-corrected chi connectivity index (χ4v) is 3.86. The van der Waals surface area contributed by atoms with E-state index < -0.39 is 0 Å². The van der Waals surface area contributed by atoms with Crippen LogP contribution in [0.5, 0.6) is 11.5 Å². The molecule has 182 valence electrons. The lowest BCUT2D eigenvalue weighted by atomic mass is 10.2. The lowest BCUT2D eigenvalue weighted by Crippen LogP contribution is -2.36. The topological polar surface area (TPSA) is 88.6 Å². The number of benzene rings is 3. The van der Waals surface area contributed by atoms with Gasteiger partial charge in [0.15, 0.2) is 0 Å². The SMILES string of the molecule is Cc1nc(Nc2ccc(NC(=O)c3ccc(Oc4ccccc4)cc3)cc2)cc(N2CCOCC2)n1. The molecular weight excluding hydrogens is 454 g/mol. The summed E-state index contributed by atoms with van der Waals surface area (Å²) in [4.78, 5) is 24.0. The van der Waals surface area contributed by atoms with Crippen LogP contribution in [0.1, 0.15) is 16.2 Å². The van der Waals surface area contributed by atoms with Crippen molar-refractivity contribution in [2.45, 2.75) is 6.92 Å². The van der Waals surface area contributed by atoms with E-state index in [2.05, 4.69) is 25.5 Å². The molecule has 4 aromatic rings. The van der Waals surface area contributed by atoms with Gasteiger partial charge in [-0.3, -0.25) is 4.79 Å². The lowest BCUT2D eigenvalue weighted by Gasteiger charge is -2.28. The Morgan fingerprint density at radius 3 is 2.25 bits per heavy atom. The van der Waals surface area contributed by atoms with Crippen LogP contribution in [-0.4, -0.2) is 42.2 Å². The van der Waals surface area contributed by atoms with Crippen molar-refractivity contribution in [3.63, 3.8) is 0 Å². The number of nitrogens with zero attached hydrogens (tertiary/aromatic N) is 3. The van der Waals surface area contributed by atoms with Crippen molar-refractivity contribution in [3.8, 4) is 11.5 Å². The van der Waals surface area contributed by atoms with Gasteiger partial charge in [-0.15, -0.1) is 0 Å². The molecule has 8 nitrogen and oxygen atoms in total. The number of morpholine rings is 1. The van der Waals surface area contributed by atoms with Gasteiger partial charge in [-0.2, -0.15) is 0 Å². The molecule has 0 spiro atoms. The fourth-order valence-electron chi connectivity index (χ4n) is 3.86. The zero-order chi connectivity index (χ0) is 24.7. The van der Waals surface area contributed by atoms with Gasteiger partial charge in [0.1, 0.15) is 29.0 Å². The smallest absolute Gasteiger partial charge is 0.255 e. The van der Waals surface area contributed by atoms with Crippen molar-refractivity contribution in [2.24, 2.45) is 0 Å². The quantitative estimate of drug-likeness (QED) is 0.365. The average Bonchev–Trinajstić information content (AvgIpc) is 2.91. The number of para-hydroxylation sites is 1. The number of hydrogen-bond acceptors (Lipinski definition) is 7. The van der Waals surface area contributed by atoms with E-state index in [0.717, 1.165) is 36.2 Å². The number of aromatic nitrogens is 2. The maximum Gasteiger partial charge on any atom is 0.255 e. The molecule has 1 aliphatic rings. The van der Waals surface area contributed by atoms with Crippen LogP contribution in [0.3, 0.4) is 0 Å². The van der Waals surface area contributed by atoms with Crippen LogP contribution in [0, 0.1) is 6.92 Å². The molecule has 0 atom stereocenters. The minimum Gasteiger partial charge on any atom is -0.457 e. The summed E-state index contributed by atoms with van der Waals surface area (Å²) in [7, 11) is 0. The second-order valence-corrected chi connectivity index (χ2v) is 8.35. The van der Waals surface area contributed by atoms with Crippen LogP contribution in [0.2, 0.25) is 0 Å². The second kappa shape index (κ2) is 10.9. The van der Waals surface area contributed by atoms with E-state index in [-0.39, 0.29) is 5.91 Å². The van der Waals surface area contributed by atoms with E-state index in [4.69, 9.17) is 9.47 Å². The zero-order valence-electron chi connectivity index (χ0n) is 20.0. The number of nitrogens with one attached hydrogen (secondary N) is 2. The second-order valence-electron chi connectivity index (χ2n) is 8.35. The van der Waals surface area contributed by atoms with Gasteiger partial charge in [-0.05, 0) is 67.6 Å². The molecule has 8 heteroatoms. The highest BCUT2D eigenvalue weighted by Gasteiger charge is 2.14. The van der Waals surface area contributed by atoms with Gasteiger partial charge in [0, 0.05) is 36.1 Å². The van der Waals surface area contributed by atoms with Crippen molar-refractivity contribution >= 4 is 28.9 Å². The van der Waals surface area contributed by atoms with Gasteiger partial charge in [-0.1, -0.05) is 18.2 Å². The summed E-state index contributed by atoms with van der Waals surface area (Å²) in [6.07, 6.45) is 0. The Morgan fingerprint density at radius 1 is 0.861 bits per heavy atom. The summed E-state index contributed by atoms with van der Waals surface area (Å²) in [5.74, 6) is 3.54. The monoisotopic (exact) mass is 481 g/mol. The van der Waals surface area contributed by atoms with E-state index >= 15 is 0 Å². The first-order valence-electron chi connectivity index (χ1n) is 11.8. The third-order valence-corrected chi connectivity index (χ3v) is 5.67. The standard InChI is InChI=1S/C28H27N5O3/c1-20-29-26(19-27(30-20)33-15-17-35-18-16-33)31-22-9-11-23(12-10-22)32-28(34)21-7-13-25(14-8-21)36-24-5-3-2-4-6-24/h2-14,19H,15-18H2,1H3,(H,32,34)(H,29,30,31). The molecule has 1 fully saturated rings. The first-order chi connectivity index (χ1) is 17.6. The first-order valence-corrected chi connectivity index (χ1v) is 11.8. The number of amides is 1. The van der Waals surface area contributed by atoms with Crippen LogP contribution in [0.15, 0.2) is 84.9 Å². The lowest BCUT2D eigenvalue weighted by molar-refractivity contribution is 0.102. The summed E-state index contributed by atoms with van der Waals surface area (Å²) in [5, 5.41) is 6.25. The van der Waals surface area contributed by atoms with Crippen LogP contribution in [0.25, 0.3) is 0 Å². The van der Waals surface area contributed by atoms with Crippen LogP contribution in [-0.2, 0) is 4.74 Å². The summed E-state index contributed by atoms with van der Waals surface area (Å²) < 4.78 is 11.2. The van der Waals surface area contributed by atoms with Crippen LogP contribution in [0.4, 0.5) is 23.0 Å². The molecule has 0 aliphatic carbocycles. The molecule has 0 bridgehead atoms. The molecule has 5 rings (SSSR count). The Morgan fingerprint density at radius 2 is 1.53 bits per heavy atom. The van der Waals surface area contributed by atoms with Crippen molar-refractivity contribution in [1.82, 2.24) is 9.97 Å². The number of anilines is 4. The molecule has 1 aliphatic heterocycles. The highest BCUT2D eigenvalue weighted by Crippen LogP contribution is 2.24. The zero-order valence-corrected chi connectivity index (χ0v) is 20.0. The van der Waals surface area contributed by atoms with Crippen molar-refractivity contribution in [2.75, 3.05) is 41.8 Å². The Balaban J connectivity index is 1.19. The molecule has 2 N–H and O–H groups in total. The molecule has 2 heterocycles. The molecule has 0 saturated carbocycles. The van der Waals surface area contributed by atoms with Gasteiger partial charge >= 0.3 is 0 Å². The van der Waals surface area contributed by atoms with E-state index in [9.17, 15) is 4.79 Å². The van der Waals surface area contributed by atoms with Crippen LogP contribution < -0.4 is 20.3 Å². The van der Waals surface area contributed by atoms with Crippen molar-refractivity contribution < 1.29 is 14.3 Å². The summed E-state index contributed by atoms with van der Waals surface area (Å²) >= 11 is 0. The number of carbonyl (C=O) groups excluding carboxylic acids is 1. The number of carbonyl (C=O) groups is 1. The molecule has 0 radical (unpaired) electrons. The Labute approximate surface area is 209 Å². The normalized spacial score (nSPS) is 13.2. The molecule has 36 heavy (non-hydrogen) atoms. The van der Waals surface area contributed by atoms with E-state index in [1.54, 1.807) is 24.3 Å². The maximum absolute atomic E-state index is 12.7. The summed E-state index contributed by atoms with van der Waals surface area (Å²) in [6, 6.07) is 26.0. The largest absolute Gasteiger partial charge is 0.457 e. The number of rotatable bonds is 7. The molecular formula is C28H27N5O3. The predicted molar refractivity (Wildman–Crippen MR) is 140 cm³/mol. The van der Waals surface area contributed by atoms with Crippen LogP contribution >= 0.6 is 0 Å². The third-order valence-electron chi connectivity index (χ3n) is 5.67. The minimum atomic E-state index is -0.191. The van der Waals surface area contributed by atoms with E-state index in [1.807, 2.05) is 67.6 Å². The number of hydrogen-bond donors (Lipinski definition) is 2. The predicted octanol–water partition coefficient (Wildman–Crippen LogP) is 5.41. The highest BCUT2D eigenvalue weighted by atomic mass is 16.5. The molecule has 1 aromatic heterocycles. The Bertz CT molecular complexity index is 1310. The van der Waals surface area contributed by atoms with Crippen molar-refractivity contribution in [1.29, 1.82) is 0 Å². The average molecular weight is 482 g/mol. The molecule has 0 unspecified atom stereocenters. The minimum absolute atomic E-state index is 0.191. The van der Waals surface area contributed by atoms with Crippen molar-refractivity contribution in [3.05, 3.63) is 96.3 Å². The van der Waals surface area contributed by atoms with Gasteiger partial charge in [0.25, 0.3) is 5.91 Å². The van der Waals surface area contributed by atoms with Gasteiger partial charge < -0.3 is 25.0 Å². The Kier molecular flexibility index (Phi) is 7.05. The molecule has 3 aromatic carbocycles. The number of aryl methyl sites for hydroxylation is 1. The maximum atomic E-state index is 12.7. The highest BCUT2D eigenvalue weighted by molar-refractivity contribution is 6.04. The van der Waals surface area contributed by atoms with Gasteiger partial charge in [-0.25, -0.2) is 9.97 Å². The summed E-state index contributed by atoms with van der Waals surface area (Å²) in [5.41, 5.74) is 2.11. The number of ether oxygens (including phenoxy) is 2. The van der Waals surface area contributed by atoms with E-state index in [1.165, 1.54) is 0 Å². The Hall–Kier alpha value is -4.43. The first kappa shape index (κ1) is 23.3.